The molecule has 152 valence electrons. The van der Waals surface area contributed by atoms with Crippen molar-refractivity contribution in [2.24, 2.45) is 0 Å². The third-order valence-corrected chi connectivity index (χ3v) is 8.65. The Balaban J connectivity index is 1.54. The minimum atomic E-state index is -3.78. The predicted octanol–water partition coefficient (Wildman–Crippen LogP) is 4.35. The van der Waals surface area contributed by atoms with Gasteiger partial charge in [-0.05, 0) is 42.3 Å². The molecule has 1 N–H and O–H groups in total. The van der Waals surface area contributed by atoms with Crippen LogP contribution in [0.5, 0.6) is 0 Å². The number of nitrogens with one attached hydrogen (secondary N) is 1. The highest BCUT2D eigenvalue weighted by Gasteiger charge is 2.65. The highest BCUT2D eigenvalue weighted by atomic mass is 32.2. The summed E-state index contributed by atoms with van der Waals surface area (Å²) in [5.41, 5.74) is 4.61. The molecule has 3 aromatic rings. The smallest absolute Gasteiger partial charge is 0.266 e. The van der Waals surface area contributed by atoms with Gasteiger partial charge in [0.1, 0.15) is 6.23 Å². The summed E-state index contributed by atoms with van der Waals surface area (Å²) in [4.78, 5) is 0.280. The number of rotatable bonds is 2. The maximum atomic E-state index is 13.7. The zero-order valence-corrected chi connectivity index (χ0v) is 17.6. The molecule has 4 atom stereocenters. The number of aryl methyl sites for hydroxylation is 1. The van der Waals surface area contributed by atoms with Gasteiger partial charge in [-0.15, -0.1) is 0 Å². The Hall–Kier alpha value is -2.83. The van der Waals surface area contributed by atoms with Gasteiger partial charge in [-0.25, -0.2) is 12.7 Å². The van der Waals surface area contributed by atoms with Gasteiger partial charge in [0.05, 0.1) is 16.0 Å². The molecular formula is C24H22N2O3S. The summed E-state index contributed by atoms with van der Waals surface area (Å²) < 4.78 is 35.4. The molecule has 1 saturated heterocycles. The van der Waals surface area contributed by atoms with E-state index in [0.29, 0.717) is 5.69 Å². The monoisotopic (exact) mass is 418 g/mol. The topological polar surface area (TPSA) is 58.6 Å². The molecule has 3 heterocycles. The lowest BCUT2D eigenvalue weighted by atomic mass is 9.71. The molecule has 6 heteroatoms. The highest BCUT2D eigenvalue weighted by Crippen LogP contribution is 2.62. The normalized spacial score (nSPS) is 28.5. The molecule has 0 aromatic heterocycles. The molecule has 3 aromatic carbocycles. The van der Waals surface area contributed by atoms with Gasteiger partial charge in [0, 0.05) is 11.6 Å². The van der Waals surface area contributed by atoms with Crippen LogP contribution in [0.1, 0.15) is 29.5 Å². The Bertz CT molecular complexity index is 1270. The van der Waals surface area contributed by atoms with Crippen LogP contribution in [-0.2, 0) is 20.2 Å². The summed E-state index contributed by atoms with van der Waals surface area (Å²) in [5, 5.41) is 3.47. The van der Waals surface area contributed by atoms with Gasteiger partial charge in [0.2, 0.25) is 0 Å². The fraction of sp³-hybridized carbons (Fsp3) is 0.250. The van der Waals surface area contributed by atoms with Crippen LogP contribution in [-0.4, -0.2) is 20.9 Å². The Kier molecular flexibility index (Phi) is 3.51. The van der Waals surface area contributed by atoms with Crippen LogP contribution in [0.4, 0.5) is 11.4 Å². The second kappa shape index (κ2) is 5.86. The highest BCUT2D eigenvalue weighted by molar-refractivity contribution is 7.92. The Morgan fingerprint density at radius 1 is 0.967 bits per heavy atom. The Morgan fingerprint density at radius 3 is 2.47 bits per heavy atom. The first-order valence-corrected chi connectivity index (χ1v) is 11.6. The maximum absolute atomic E-state index is 13.7. The summed E-state index contributed by atoms with van der Waals surface area (Å²) in [6.07, 6.45) is -0.876. The lowest BCUT2D eigenvalue weighted by molar-refractivity contribution is 0.0583. The average molecular weight is 419 g/mol. The van der Waals surface area contributed by atoms with Crippen molar-refractivity contribution in [3.8, 4) is 0 Å². The van der Waals surface area contributed by atoms with E-state index in [0.717, 1.165) is 16.8 Å². The minimum Gasteiger partial charge on any atom is -0.359 e. The number of fused-ring (bicyclic) bond motifs is 7. The van der Waals surface area contributed by atoms with Crippen LogP contribution in [0.2, 0.25) is 0 Å². The fourth-order valence-corrected chi connectivity index (χ4v) is 6.95. The molecule has 0 spiro atoms. The largest absolute Gasteiger partial charge is 0.359 e. The van der Waals surface area contributed by atoms with Crippen molar-refractivity contribution in [1.29, 1.82) is 0 Å². The second-order valence-electron chi connectivity index (χ2n) is 8.53. The summed E-state index contributed by atoms with van der Waals surface area (Å²) in [5.74, 6) is -0.102. The quantitative estimate of drug-likeness (QED) is 0.672. The summed E-state index contributed by atoms with van der Waals surface area (Å²) in [6, 6.07) is 23.0. The molecule has 0 saturated carbocycles. The Labute approximate surface area is 176 Å². The van der Waals surface area contributed by atoms with E-state index in [1.165, 1.54) is 9.87 Å². The lowest BCUT2D eigenvalue weighted by Gasteiger charge is -2.29. The van der Waals surface area contributed by atoms with E-state index in [-0.39, 0.29) is 22.5 Å². The fourth-order valence-electron chi connectivity index (χ4n) is 5.38. The molecule has 6 rings (SSSR count). The van der Waals surface area contributed by atoms with E-state index in [4.69, 9.17) is 4.74 Å². The molecule has 3 aliphatic heterocycles. The van der Waals surface area contributed by atoms with Crippen LogP contribution in [0.25, 0.3) is 0 Å². The first kappa shape index (κ1) is 18.0. The molecule has 3 aliphatic rings. The molecular weight excluding hydrogens is 396 g/mol. The molecule has 0 unspecified atom stereocenters. The van der Waals surface area contributed by atoms with Crippen LogP contribution in [0, 0.1) is 6.92 Å². The zero-order valence-electron chi connectivity index (χ0n) is 16.7. The number of ether oxygens (including phenoxy) is 1. The van der Waals surface area contributed by atoms with Crippen molar-refractivity contribution in [3.05, 3.63) is 89.5 Å². The van der Waals surface area contributed by atoms with Gasteiger partial charge in [0.25, 0.3) is 10.0 Å². The van der Waals surface area contributed by atoms with Crippen molar-refractivity contribution in [1.82, 2.24) is 0 Å². The van der Waals surface area contributed by atoms with Crippen LogP contribution in [0.3, 0.4) is 0 Å². The van der Waals surface area contributed by atoms with E-state index in [1.54, 1.807) is 12.1 Å². The molecule has 0 radical (unpaired) electrons. The van der Waals surface area contributed by atoms with Crippen LogP contribution in [0.15, 0.2) is 77.7 Å². The van der Waals surface area contributed by atoms with Gasteiger partial charge < -0.3 is 10.1 Å². The number of nitrogens with zero attached hydrogens (tertiary/aromatic N) is 1. The summed E-state index contributed by atoms with van der Waals surface area (Å²) >= 11 is 0. The van der Waals surface area contributed by atoms with Crippen molar-refractivity contribution >= 4 is 21.4 Å². The number of benzene rings is 3. The number of hydrogen-bond donors (Lipinski definition) is 1. The number of sulfonamides is 1. The van der Waals surface area contributed by atoms with E-state index in [9.17, 15) is 8.42 Å². The van der Waals surface area contributed by atoms with E-state index in [1.807, 2.05) is 55.5 Å². The third kappa shape index (κ3) is 2.13. The molecule has 0 aliphatic carbocycles. The first-order valence-electron chi connectivity index (χ1n) is 10.1. The summed E-state index contributed by atoms with van der Waals surface area (Å²) in [7, 11) is -3.78. The minimum absolute atomic E-state index is 0.102. The average Bonchev–Trinajstić information content (AvgIpc) is 3.31. The van der Waals surface area contributed by atoms with Crippen molar-refractivity contribution in [2.75, 3.05) is 9.62 Å². The van der Waals surface area contributed by atoms with Crippen LogP contribution >= 0.6 is 0 Å². The predicted molar refractivity (Wildman–Crippen MR) is 116 cm³/mol. The van der Waals surface area contributed by atoms with Crippen LogP contribution < -0.4 is 9.62 Å². The van der Waals surface area contributed by atoms with Gasteiger partial charge in [-0.1, -0.05) is 61.0 Å². The Morgan fingerprint density at radius 2 is 1.67 bits per heavy atom. The standard InChI is InChI=1S/C24H22N2O3S/c1-15-11-13-16(14-12-15)30(27,28)26-20-10-6-3-7-17(20)21-22(26)29-23-24(21,2)18-8-4-5-9-19(18)25-23/h3-14,21-23,25H,1-2H3/t21-,22-,23-,24+/m0/s1. The zero-order chi connectivity index (χ0) is 20.7. The first-order chi connectivity index (χ1) is 14.4. The van der Waals surface area contributed by atoms with Crippen molar-refractivity contribution < 1.29 is 13.2 Å². The molecule has 1 fully saturated rings. The van der Waals surface area contributed by atoms with Gasteiger partial charge in [-0.2, -0.15) is 0 Å². The van der Waals surface area contributed by atoms with Crippen molar-refractivity contribution in [3.63, 3.8) is 0 Å². The number of para-hydroxylation sites is 2. The summed E-state index contributed by atoms with van der Waals surface area (Å²) in [6.45, 7) is 4.13. The van der Waals surface area contributed by atoms with Gasteiger partial charge in [-0.3, -0.25) is 0 Å². The molecule has 5 nitrogen and oxygen atoms in total. The van der Waals surface area contributed by atoms with Gasteiger partial charge >= 0.3 is 0 Å². The third-order valence-electron chi connectivity index (χ3n) is 6.86. The molecule has 0 bridgehead atoms. The van der Waals surface area contributed by atoms with E-state index in [2.05, 4.69) is 24.4 Å². The van der Waals surface area contributed by atoms with E-state index < -0.39 is 16.3 Å². The van der Waals surface area contributed by atoms with E-state index >= 15 is 0 Å². The number of hydrogen-bond acceptors (Lipinski definition) is 4. The SMILES string of the molecule is Cc1ccc(S(=O)(=O)N2c3ccccc3[C@H]3[C@@H]2O[C@@H]2Nc4ccccc4[C@@]23C)cc1. The maximum Gasteiger partial charge on any atom is 0.266 e. The molecule has 0 amide bonds. The number of anilines is 2. The van der Waals surface area contributed by atoms with Crippen molar-refractivity contribution in [2.45, 2.75) is 42.5 Å². The van der Waals surface area contributed by atoms with Gasteiger partial charge in [0.15, 0.2) is 6.23 Å². The molecule has 30 heavy (non-hydrogen) atoms. The lowest BCUT2D eigenvalue weighted by Crippen LogP contribution is -2.40. The second-order valence-corrected chi connectivity index (χ2v) is 10.3.